The zero-order valence-electron chi connectivity index (χ0n) is 18.9. The number of hydrogen-bond acceptors (Lipinski definition) is 6. The number of ether oxygens (including phenoxy) is 1. The summed E-state index contributed by atoms with van der Waals surface area (Å²) in [5.74, 6) is 1.88. The Hall–Kier alpha value is -1.97. The monoisotopic (exact) mass is 447 g/mol. The highest BCUT2D eigenvalue weighted by Crippen LogP contribution is 2.28. The van der Waals surface area contributed by atoms with Gasteiger partial charge in [-0.15, -0.1) is 21.5 Å². The summed E-state index contributed by atoms with van der Waals surface area (Å²) in [5, 5.41) is 17.3. The van der Waals surface area contributed by atoms with E-state index < -0.39 is 0 Å². The summed E-state index contributed by atoms with van der Waals surface area (Å²) in [6.45, 7) is 11.2. The molecule has 2 N–H and O–H groups in total. The fraction of sp³-hybridized carbons (Fsp3) is 0.682. The number of aryl methyl sites for hydroxylation is 1. The summed E-state index contributed by atoms with van der Waals surface area (Å²) < 4.78 is 7.56. The van der Waals surface area contributed by atoms with Gasteiger partial charge in [-0.25, -0.2) is 0 Å². The third kappa shape index (κ3) is 7.59. The SMILES string of the molecule is CCOCCCNC(=NCC(c1cccs1)N1CCCC1)NCCn1cnnc1CC. The second-order valence-corrected chi connectivity index (χ2v) is 8.64. The molecule has 9 heteroatoms. The minimum atomic E-state index is 0.356. The summed E-state index contributed by atoms with van der Waals surface area (Å²) in [5.41, 5.74) is 0. The zero-order valence-corrected chi connectivity index (χ0v) is 19.7. The van der Waals surface area contributed by atoms with Crippen LogP contribution in [-0.2, 0) is 17.7 Å². The molecule has 2 aromatic rings. The van der Waals surface area contributed by atoms with E-state index in [1.807, 2.05) is 18.3 Å². The van der Waals surface area contributed by atoms with Gasteiger partial charge in [0.2, 0.25) is 0 Å². The molecule has 0 spiro atoms. The van der Waals surface area contributed by atoms with Gasteiger partial charge in [0.25, 0.3) is 0 Å². The second kappa shape index (κ2) is 13.4. The minimum Gasteiger partial charge on any atom is -0.382 e. The van der Waals surface area contributed by atoms with Crippen molar-refractivity contribution in [3.8, 4) is 0 Å². The Bertz CT molecular complexity index is 756. The van der Waals surface area contributed by atoms with Crippen molar-refractivity contribution in [3.63, 3.8) is 0 Å². The quantitative estimate of drug-likeness (QED) is 0.279. The number of aromatic nitrogens is 3. The van der Waals surface area contributed by atoms with E-state index in [-0.39, 0.29) is 0 Å². The first-order valence-electron chi connectivity index (χ1n) is 11.6. The van der Waals surface area contributed by atoms with Gasteiger partial charge in [-0.3, -0.25) is 9.89 Å². The van der Waals surface area contributed by atoms with E-state index >= 15 is 0 Å². The van der Waals surface area contributed by atoms with Gasteiger partial charge >= 0.3 is 0 Å². The van der Waals surface area contributed by atoms with E-state index in [9.17, 15) is 0 Å². The number of guanidine groups is 1. The maximum atomic E-state index is 5.46. The lowest BCUT2D eigenvalue weighted by Gasteiger charge is -2.25. The van der Waals surface area contributed by atoms with Gasteiger partial charge in [-0.1, -0.05) is 13.0 Å². The molecule has 1 aliphatic rings. The Morgan fingerprint density at radius 3 is 2.84 bits per heavy atom. The molecule has 0 radical (unpaired) electrons. The molecule has 1 unspecified atom stereocenters. The molecule has 0 aliphatic carbocycles. The molecule has 172 valence electrons. The first-order valence-corrected chi connectivity index (χ1v) is 12.4. The number of aliphatic imine (C=N–C) groups is 1. The van der Waals surface area contributed by atoms with Crippen LogP contribution in [0.3, 0.4) is 0 Å². The lowest BCUT2D eigenvalue weighted by molar-refractivity contribution is 0.145. The van der Waals surface area contributed by atoms with E-state index in [0.717, 1.165) is 77.1 Å². The predicted molar refractivity (Wildman–Crippen MR) is 127 cm³/mol. The molecule has 3 heterocycles. The molecule has 0 bridgehead atoms. The van der Waals surface area contributed by atoms with E-state index in [0.29, 0.717) is 6.04 Å². The topological polar surface area (TPSA) is 79.6 Å². The average molecular weight is 448 g/mol. The van der Waals surface area contributed by atoms with Crippen LogP contribution in [0.2, 0.25) is 0 Å². The molecule has 1 aliphatic heterocycles. The smallest absolute Gasteiger partial charge is 0.191 e. The number of rotatable bonds is 13. The van der Waals surface area contributed by atoms with Crippen molar-refractivity contribution in [1.82, 2.24) is 30.3 Å². The van der Waals surface area contributed by atoms with Gasteiger partial charge in [-0.2, -0.15) is 0 Å². The maximum Gasteiger partial charge on any atom is 0.191 e. The van der Waals surface area contributed by atoms with Crippen LogP contribution >= 0.6 is 11.3 Å². The summed E-state index contributed by atoms with van der Waals surface area (Å²) >= 11 is 1.83. The van der Waals surface area contributed by atoms with Gasteiger partial charge < -0.3 is 19.9 Å². The lowest BCUT2D eigenvalue weighted by Crippen LogP contribution is -2.40. The third-order valence-electron chi connectivity index (χ3n) is 5.49. The molecule has 31 heavy (non-hydrogen) atoms. The number of thiophene rings is 1. The van der Waals surface area contributed by atoms with Gasteiger partial charge in [0.05, 0.1) is 12.6 Å². The first kappa shape index (κ1) is 23.7. The highest BCUT2D eigenvalue weighted by molar-refractivity contribution is 7.10. The van der Waals surface area contributed by atoms with Crippen LogP contribution in [0.15, 0.2) is 28.8 Å². The normalized spacial score (nSPS) is 16.0. The van der Waals surface area contributed by atoms with Crippen LogP contribution in [0.25, 0.3) is 0 Å². The fourth-order valence-electron chi connectivity index (χ4n) is 3.83. The van der Waals surface area contributed by atoms with Crippen LogP contribution in [-0.4, -0.2) is 71.6 Å². The van der Waals surface area contributed by atoms with Crippen molar-refractivity contribution in [2.45, 2.75) is 52.1 Å². The third-order valence-corrected chi connectivity index (χ3v) is 6.47. The Morgan fingerprint density at radius 2 is 2.10 bits per heavy atom. The van der Waals surface area contributed by atoms with Crippen molar-refractivity contribution in [3.05, 3.63) is 34.5 Å². The fourth-order valence-corrected chi connectivity index (χ4v) is 4.68. The molecular weight excluding hydrogens is 410 g/mol. The number of nitrogens with one attached hydrogen (secondary N) is 2. The molecule has 3 rings (SSSR count). The van der Waals surface area contributed by atoms with Crippen molar-refractivity contribution in [1.29, 1.82) is 0 Å². The predicted octanol–water partition coefficient (Wildman–Crippen LogP) is 2.70. The molecule has 2 aromatic heterocycles. The lowest BCUT2D eigenvalue weighted by atomic mass is 10.2. The van der Waals surface area contributed by atoms with E-state index in [4.69, 9.17) is 9.73 Å². The van der Waals surface area contributed by atoms with Crippen LogP contribution in [0.4, 0.5) is 0 Å². The summed E-state index contributed by atoms with van der Waals surface area (Å²) in [7, 11) is 0. The van der Waals surface area contributed by atoms with Gasteiger partial charge in [0, 0.05) is 44.1 Å². The zero-order chi connectivity index (χ0) is 21.7. The van der Waals surface area contributed by atoms with Crippen molar-refractivity contribution in [2.24, 2.45) is 4.99 Å². The number of likely N-dealkylation sites (tertiary alicyclic amines) is 1. The van der Waals surface area contributed by atoms with Crippen LogP contribution < -0.4 is 10.6 Å². The largest absolute Gasteiger partial charge is 0.382 e. The summed E-state index contributed by atoms with van der Waals surface area (Å²) in [6, 6.07) is 4.74. The molecule has 0 amide bonds. The van der Waals surface area contributed by atoms with Crippen molar-refractivity contribution < 1.29 is 4.74 Å². The molecule has 0 aromatic carbocycles. The molecular formula is C22H37N7OS. The van der Waals surface area contributed by atoms with Crippen LogP contribution in [0.5, 0.6) is 0 Å². The minimum absolute atomic E-state index is 0.356. The molecule has 1 atom stereocenters. The van der Waals surface area contributed by atoms with Crippen molar-refractivity contribution >= 4 is 17.3 Å². The van der Waals surface area contributed by atoms with E-state index in [2.05, 4.69) is 54.7 Å². The maximum absolute atomic E-state index is 5.46. The first-order chi connectivity index (χ1) is 15.3. The summed E-state index contributed by atoms with van der Waals surface area (Å²) in [6.07, 6.45) is 6.21. The highest BCUT2D eigenvalue weighted by atomic mass is 32.1. The van der Waals surface area contributed by atoms with Crippen LogP contribution in [0, 0.1) is 0 Å². The standard InChI is InChI=1S/C22H37N7OS/c1-3-21-27-26-18-29(21)14-11-24-22(23-10-8-15-30-4-2)25-17-19(20-9-7-16-31-20)28-12-5-6-13-28/h7,9,16,18-19H,3-6,8,10-15,17H2,1-2H3,(H2,23,24,25). The Labute approximate surface area is 190 Å². The average Bonchev–Trinajstić information content (AvgIpc) is 3.56. The molecule has 8 nitrogen and oxygen atoms in total. The van der Waals surface area contributed by atoms with Crippen LogP contribution in [0.1, 0.15) is 49.9 Å². The second-order valence-electron chi connectivity index (χ2n) is 7.66. The Balaban J connectivity index is 1.59. The van der Waals surface area contributed by atoms with Gasteiger partial charge in [0.1, 0.15) is 12.2 Å². The summed E-state index contributed by atoms with van der Waals surface area (Å²) in [4.78, 5) is 8.96. The molecule has 1 saturated heterocycles. The highest BCUT2D eigenvalue weighted by Gasteiger charge is 2.24. The van der Waals surface area contributed by atoms with Crippen molar-refractivity contribution in [2.75, 3.05) is 45.9 Å². The molecule has 1 fully saturated rings. The number of hydrogen-bond donors (Lipinski definition) is 2. The van der Waals surface area contributed by atoms with Gasteiger partial charge in [0.15, 0.2) is 5.96 Å². The number of nitrogens with zero attached hydrogens (tertiary/aromatic N) is 5. The Kier molecular flexibility index (Phi) is 10.3. The van der Waals surface area contributed by atoms with Gasteiger partial charge in [-0.05, 0) is 50.7 Å². The Morgan fingerprint density at radius 1 is 1.26 bits per heavy atom. The molecule has 0 saturated carbocycles. The van der Waals surface area contributed by atoms with E-state index in [1.165, 1.54) is 17.7 Å². The van der Waals surface area contributed by atoms with E-state index in [1.54, 1.807) is 6.33 Å².